The number of rotatable bonds is 2. The molecule has 2 N–H and O–H groups in total. The number of pyridine rings is 1. The Kier molecular flexibility index (Phi) is 3.82. The first-order valence-corrected chi connectivity index (χ1v) is 7.59. The van der Waals surface area contributed by atoms with Crippen molar-refractivity contribution >= 4 is 48.5 Å². The van der Waals surface area contributed by atoms with Gasteiger partial charge >= 0.3 is 0 Å². The van der Waals surface area contributed by atoms with Crippen LogP contribution in [0, 0.1) is 5.82 Å². The molecule has 0 amide bonds. The molecule has 0 unspecified atom stereocenters. The van der Waals surface area contributed by atoms with E-state index in [4.69, 9.17) is 10.5 Å². The summed E-state index contributed by atoms with van der Waals surface area (Å²) < 4.78 is 20.7. The summed E-state index contributed by atoms with van der Waals surface area (Å²) in [4.78, 5) is 4.25. The predicted molar refractivity (Wildman–Crippen MR) is 88.0 cm³/mol. The minimum Gasteiger partial charge on any atom is -0.454 e. The molecule has 106 valence electrons. The zero-order valence-corrected chi connectivity index (χ0v) is 13.8. The average molecular weight is 412 g/mol. The summed E-state index contributed by atoms with van der Waals surface area (Å²) in [6.45, 7) is 0. The van der Waals surface area contributed by atoms with Crippen molar-refractivity contribution in [3.8, 4) is 11.5 Å². The van der Waals surface area contributed by atoms with Crippen molar-refractivity contribution in [2.45, 2.75) is 0 Å². The van der Waals surface area contributed by atoms with Crippen molar-refractivity contribution in [2.75, 3.05) is 5.73 Å². The van der Waals surface area contributed by atoms with Crippen LogP contribution in [-0.4, -0.2) is 4.98 Å². The van der Waals surface area contributed by atoms with Gasteiger partial charge in [-0.2, -0.15) is 0 Å². The number of ether oxygens (including phenoxy) is 1. The molecule has 2 aromatic carbocycles. The van der Waals surface area contributed by atoms with E-state index in [2.05, 4.69) is 36.8 Å². The number of halogens is 3. The molecule has 0 spiro atoms. The molecular weight excluding hydrogens is 403 g/mol. The molecule has 0 fully saturated rings. The molecule has 6 heteroatoms. The molecule has 21 heavy (non-hydrogen) atoms. The maximum atomic E-state index is 13.4. The van der Waals surface area contributed by atoms with E-state index in [0.717, 1.165) is 15.4 Å². The largest absolute Gasteiger partial charge is 0.454 e. The van der Waals surface area contributed by atoms with Crippen molar-refractivity contribution in [2.24, 2.45) is 0 Å². The van der Waals surface area contributed by atoms with Gasteiger partial charge in [0.05, 0.1) is 17.4 Å². The fraction of sp³-hybridized carbons (Fsp3) is 0. The number of fused-ring (bicyclic) bond motifs is 1. The quantitative estimate of drug-likeness (QED) is 0.624. The summed E-state index contributed by atoms with van der Waals surface area (Å²) in [7, 11) is 0. The summed E-state index contributed by atoms with van der Waals surface area (Å²) in [5, 5.41) is 0.754. The standard InChI is InChI=1S/C15H9Br2FN2O/c16-8-1-2-14-12(5-8)15(13(19)7-20-14)21-11-4-9(17)3-10(18)6-11/h1-7H,19H2. The summed E-state index contributed by atoms with van der Waals surface area (Å²) in [6.07, 6.45) is 1.53. The van der Waals surface area contributed by atoms with Crippen molar-refractivity contribution in [1.82, 2.24) is 4.98 Å². The molecular formula is C15H9Br2FN2O. The fourth-order valence-electron chi connectivity index (χ4n) is 1.98. The van der Waals surface area contributed by atoms with Crippen LogP contribution in [0.25, 0.3) is 10.9 Å². The molecule has 0 aliphatic heterocycles. The van der Waals surface area contributed by atoms with E-state index in [-0.39, 0.29) is 0 Å². The zero-order valence-electron chi connectivity index (χ0n) is 10.6. The Balaban J connectivity index is 2.15. The fourth-order valence-corrected chi connectivity index (χ4v) is 2.78. The number of nitrogens with zero attached hydrogens (tertiary/aromatic N) is 1. The number of hydrogen-bond acceptors (Lipinski definition) is 3. The Morgan fingerprint density at radius 1 is 1.05 bits per heavy atom. The molecule has 0 radical (unpaired) electrons. The average Bonchev–Trinajstić information content (AvgIpc) is 2.41. The Morgan fingerprint density at radius 2 is 1.86 bits per heavy atom. The molecule has 0 saturated carbocycles. The zero-order chi connectivity index (χ0) is 15.0. The van der Waals surface area contributed by atoms with Crippen molar-refractivity contribution in [3.05, 3.63) is 57.4 Å². The summed E-state index contributed by atoms with van der Waals surface area (Å²) in [5.74, 6) is 0.428. The highest BCUT2D eigenvalue weighted by molar-refractivity contribution is 9.10. The smallest absolute Gasteiger partial charge is 0.161 e. The third kappa shape index (κ3) is 3.01. The van der Waals surface area contributed by atoms with Crippen molar-refractivity contribution in [1.29, 1.82) is 0 Å². The topological polar surface area (TPSA) is 48.1 Å². The second-order valence-electron chi connectivity index (χ2n) is 4.41. The van der Waals surface area contributed by atoms with Gasteiger partial charge in [-0.3, -0.25) is 4.98 Å². The highest BCUT2D eigenvalue weighted by Gasteiger charge is 2.11. The van der Waals surface area contributed by atoms with Gasteiger partial charge in [0.1, 0.15) is 11.6 Å². The lowest BCUT2D eigenvalue weighted by atomic mass is 10.2. The monoisotopic (exact) mass is 410 g/mol. The number of nitrogens with two attached hydrogens (primary N) is 1. The van der Waals surface area contributed by atoms with Crippen LogP contribution in [0.2, 0.25) is 0 Å². The number of hydrogen-bond donors (Lipinski definition) is 1. The molecule has 3 rings (SSSR count). The molecule has 1 aromatic heterocycles. The highest BCUT2D eigenvalue weighted by atomic mass is 79.9. The number of benzene rings is 2. The second-order valence-corrected chi connectivity index (χ2v) is 6.24. The van der Waals surface area contributed by atoms with E-state index in [1.165, 1.54) is 18.3 Å². The van der Waals surface area contributed by atoms with Crippen LogP contribution in [0.1, 0.15) is 0 Å². The van der Waals surface area contributed by atoms with Gasteiger partial charge in [0, 0.05) is 20.4 Å². The van der Waals surface area contributed by atoms with E-state index < -0.39 is 5.82 Å². The molecule has 3 nitrogen and oxygen atoms in total. The number of aromatic nitrogens is 1. The van der Waals surface area contributed by atoms with Crippen LogP contribution in [0.3, 0.4) is 0 Å². The SMILES string of the molecule is Nc1cnc2ccc(Br)cc2c1Oc1cc(F)cc(Br)c1. The molecule has 0 bridgehead atoms. The number of nitrogen functional groups attached to an aromatic ring is 1. The lowest BCUT2D eigenvalue weighted by Crippen LogP contribution is -1.95. The van der Waals surface area contributed by atoms with E-state index in [0.29, 0.717) is 21.7 Å². The van der Waals surface area contributed by atoms with Gasteiger partial charge < -0.3 is 10.5 Å². The first kappa shape index (κ1) is 14.3. The third-order valence-electron chi connectivity index (χ3n) is 2.86. The van der Waals surface area contributed by atoms with Crippen molar-refractivity contribution in [3.63, 3.8) is 0 Å². The van der Waals surface area contributed by atoms with Gasteiger partial charge in [0.25, 0.3) is 0 Å². The lowest BCUT2D eigenvalue weighted by Gasteiger charge is -2.12. The first-order chi connectivity index (χ1) is 10.0. The molecule has 3 aromatic rings. The highest BCUT2D eigenvalue weighted by Crippen LogP contribution is 2.36. The van der Waals surface area contributed by atoms with E-state index >= 15 is 0 Å². The predicted octanol–water partition coefficient (Wildman–Crippen LogP) is 5.27. The molecule has 1 heterocycles. The Bertz CT molecular complexity index is 814. The number of anilines is 1. The van der Waals surface area contributed by atoms with Crippen LogP contribution < -0.4 is 10.5 Å². The summed E-state index contributed by atoms with van der Waals surface area (Å²) in [5.41, 5.74) is 7.09. The lowest BCUT2D eigenvalue weighted by molar-refractivity contribution is 0.483. The molecule has 0 saturated heterocycles. The molecule has 0 aliphatic carbocycles. The third-order valence-corrected chi connectivity index (χ3v) is 3.82. The van der Waals surface area contributed by atoms with Gasteiger partial charge in [-0.1, -0.05) is 31.9 Å². The summed E-state index contributed by atoms with van der Waals surface area (Å²) >= 11 is 6.64. The van der Waals surface area contributed by atoms with Crippen LogP contribution in [0.15, 0.2) is 51.5 Å². The minimum atomic E-state index is -0.391. The van der Waals surface area contributed by atoms with Crippen LogP contribution in [-0.2, 0) is 0 Å². The second kappa shape index (κ2) is 5.61. The molecule has 0 atom stereocenters. The van der Waals surface area contributed by atoms with Crippen LogP contribution >= 0.6 is 31.9 Å². The van der Waals surface area contributed by atoms with Gasteiger partial charge in [0.2, 0.25) is 0 Å². The maximum Gasteiger partial charge on any atom is 0.161 e. The van der Waals surface area contributed by atoms with Gasteiger partial charge in [0.15, 0.2) is 5.75 Å². The normalized spacial score (nSPS) is 10.8. The van der Waals surface area contributed by atoms with Crippen LogP contribution in [0.4, 0.5) is 10.1 Å². The minimum absolute atomic E-state index is 0.362. The Morgan fingerprint density at radius 3 is 2.62 bits per heavy atom. The van der Waals surface area contributed by atoms with Crippen molar-refractivity contribution < 1.29 is 9.13 Å². The molecule has 0 aliphatic rings. The Hall–Kier alpha value is -1.66. The summed E-state index contributed by atoms with van der Waals surface area (Å²) in [6, 6.07) is 9.93. The van der Waals surface area contributed by atoms with Crippen LogP contribution in [0.5, 0.6) is 11.5 Å². The van der Waals surface area contributed by atoms with Gasteiger partial charge in [-0.05, 0) is 30.3 Å². The van der Waals surface area contributed by atoms with Gasteiger partial charge in [-0.15, -0.1) is 0 Å². The maximum absolute atomic E-state index is 13.4. The van der Waals surface area contributed by atoms with E-state index in [9.17, 15) is 4.39 Å². The van der Waals surface area contributed by atoms with Gasteiger partial charge in [-0.25, -0.2) is 4.39 Å². The van der Waals surface area contributed by atoms with E-state index in [1.807, 2.05) is 18.2 Å². The first-order valence-electron chi connectivity index (χ1n) is 6.00. The Labute approximate surface area is 137 Å². The van der Waals surface area contributed by atoms with E-state index in [1.54, 1.807) is 6.07 Å².